The average molecular weight is 227 g/mol. The van der Waals surface area contributed by atoms with Gasteiger partial charge in [0.2, 0.25) is 5.91 Å². The molecule has 0 saturated carbocycles. The van der Waals surface area contributed by atoms with Crippen molar-refractivity contribution < 1.29 is 14.7 Å². The van der Waals surface area contributed by atoms with Crippen molar-refractivity contribution in [3.63, 3.8) is 0 Å². The molecule has 0 aromatic rings. The Bertz CT molecular complexity index is 257. The lowest BCUT2D eigenvalue weighted by atomic mass is 9.96. The van der Waals surface area contributed by atoms with Gasteiger partial charge in [0.25, 0.3) is 0 Å². The maximum atomic E-state index is 11.8. The second-order valence-electron chi connectivity index (χ2n) is 4.71. The maximum Gasteiger partial charge on any atom is 0.306 e. The molecular weight excluding hydrogens is 206 g/mol. The molecule has 0 radical (unpaired) electrons. The van der Waals surface area contributed by atoms with Gasteiger partial charge in [-0.3, -0.25) is 9.59 Å². The highest BCUT2D eigenvalue weighted by atomic mass is 16.4. The van der Waals surface area contributed by atoms with Crippen LogP contribution in [0.25, 0.3) is 0 Å². The van der Waals surface area contributed by atoms with Gasteiger partial charge in [0.15, 0.2) is 0 Å². The van der Waals surface area contributed by atoms with Gasteiger partial charge in [-0.2, -0.15) is 0 Å². The molecule has 16 heavy (non-hydrogen) atoms. The number of carboxylic acid groups (broad SMARTS) is 1. The second kappa shape index (κ2) is 5.87. The van der Waals surface area contributed by atoms with E-state index in [2.05, 4.69) is 13.8 Å². The van der Waals surface area contributed by atoms with Crippen LogP contribution in [0.2, 0.25) is 0 Å². The normalized spacial score (nSPS) is 19.5. The summed E-state index contributed by atoms with van der Waals surface area (Å²) in [7, 11) is 0. The van der Waals surface area contributed by atoms with Gasteiger partial charge in [-0.25, -0.2) is 0 Å². The summed E-state index contributed by atoms with van der Waals surface area (Å²) in [6, 6.07) is 0. The van der Waals surface area contributed by atoms with Crippen LogP contribution in [0.3, 0.4) is 0 Å². The molecule has 0 spiro atoms. The van der Waals surface area contributed by atoms with E-state index < -0.39 is 5.97 Å². The lowest BCUT2D eigenvalue weighted by Gasteiger charge is -2.30. The quantitative estimate of drug-likeness (QED) is 0.796. The Balaban J connectivity index is 2.36. The molecular formula is C12H21NO3. The summed E-state index contributed by atoms with van der Waals surface area (Å²) in [6.45, 7) is 5.36. The summed E-state index contributed by atoms with van der Waals surface area (Å²) >= 11 is 0. The SMILES string of the molecule is CC[C@@H](C)CC(=O)N1CCC(C(=O)O)CC1. The van der Waals surface area contributed by atoms with E-state index in [0.717, 1.165) is 6.42 Å². The molecule has 4 heteroatoms. The lowest BCUT2D eigenvalue weighted by molar-refractivity contribution is -0.145. The smallest absolute Gasteiger partial charge is 0.306 e. The number of hydrogen-bond acceptors (Lipinski definition) is 2. The molecule has 1 N–H and O–H groups in total. The molecule has 1 aliphatic rings. The molecule has 0 aliphatic carbocycles. The van der Waals surface area contributed by atoms with Crippen molar-refractivity contribution in [3.8, 4) is 0 Å². The van der Waals surface area contributed by atoms with Gasteiger partial charge in [0.05, 0.1) is 5.92 Å². The van der Waals surface area contributed by atoms with E-state index in [1.54, 1.807) is 0 Å². The highest BCUT2D eigenvalue weighted by Gasteiger charge is 2.27. The van der Waals surface area contributed by atoms with Crippen molar-refractivity contribution in [2.75, 3.05) is 13.1 Å². The van der Waals surface area contributed by atoms with Crippen LogP contribution in [-0.4, -0.2) is 35.0 Å². The van der Waals surface area contributed by atoms with E-state index in [-0.39, 0.29) is 11.8 Å². The average Bonchev–Trinajstić information content (AvgIpc) is 2.28. The van der Waals surface area contributed by atoms with Crippen LogP contribution in [-0.2, 0) is 9.59 Å². The van der Waals surface area contributed by atoms with Crippen LogP contribution in [0.15, 0.2) is 0 Å². The van der Waals surface area contributed by atoms with Crippen LogP contribution >= 0.6 is 0 Å². The molecule has 0 aromatic heterocycles. The van der Waals surface area contributed by atoms with Gasteiger partial charge in [0.1, 0.15) is 0 Å². The van der Waals surface area contributed by atoms with E-state index in [0.29, 0.717) is 38.3 Å². The Morgan fingerprint density at radius 2 is 1.94 bits per heavy atom. The molecule has 1 rings (SSSR count). The molecule has 92 valence electrons. The van der Waals surface area contributed by atoms with Crippen LogP contribution in [0.4, 0.5) is 0 Å². The zero-order valence-electron chi connectivity index (χ0n) is 10.1. The third-order valence-corrected chi connectivity index (χ3v) is 3.42. The van der Waals surface area contributed by atoms with Gasteiger partial charge in [-0.15, -0.1) is 0 Å². The van der Waals surface area contributed by atoms with E-state index in [4.69, 9.17) is 5.11 Å². The van der Waals surface area contributed by atoms with Gasteiger partial charge in [0, 0.05) is 19.5 Å². The number of nitrogens with zero attached hydrogens (tertiary/aromatic N) is 1. The van der Waals surface area contributed by atoms with Gasteiger partial charge in [-0.1, -0.05) is 20.3 Å². The number of hydrogen-bond donors (Lipinski definition) is 1. The minimum Gasteiger partial charge on any atom is -0.481 e. The minimum absolute atomic E-state index is 0.179. The van der Waals surface area contributed by atoms with Crippen molar-refractivity contribution in [1.82, 2.24) is 4.90 Å². The molecule has 1 atom stereocenters. The summed E-state index contributed by atoms with van der Waals surface area (Å²) in [5.41, 5.74) is 0. The first kappa shape index (κ1) is 13.0. The molecule has 0 unspecified atom stereocenters. The topological polar surface area (TPSA) is 57.6 Å². The van der Waals surface area contributed by atoms with Gasteiger partial charge >= 0.3 is 5.97 Å². The molecule has 0 bridgehead atoms. The number of piperidine rings is 1. The highest BCUT2D eigenvalue weighted by molar-refractivity contribution is 5.77. The van der Waals surface area contributed by atoms with Crippen molar-refractivity contribution >= 4 is 11.9 Å². The van der Waals surface area contributed by atoms with Crippen molar-refractivity contribution in [1.29, 1.82) is 0 Å². The zero-order chi connectivity index (χ0) is 12.1. The van der Waals surface area contributed by atoms with Crippen molar-refractivity contribution in [2.24, 2.45) is 11.8 Å². The Kier molecular flexibility index (Phi) is 4.77. The third-order valence-electron chi connectivity index (χ3n) is 3.42. The van der Waals surface area contributed by atoms with E-state index in [9.17, 15) is 9.59 Å². The number of amides is 1. The van der Waals surface area contributed by atoms with E-state index in [1.807, 2.05) is 4.90 Å². The van der Waals surface area contributed by atoms with E-state index in [1.165, 1.54) is 0 Å². The largest absolute Gasteiger partial charge is 0.481 e. The number of carbonyl (C=O) groups excluding carboxylic acids is 1. The number of likely N-dealkylation sites (tertiary alicyclic amines) is 1. The van der Waals surface area contributed by atoms with Crippen LogP contribution in [0.5, 0.6) is 0 Å². The highest BCUT2D eigenvalue weighted by Crippen LogP contribution is 2.19. The number of rotatable bonds is 4. The fourth-order valence-electron chi connectivity index (χ4n) is 1.95. The van der Waals surface area contributed by atoms with Crippen molar-refractivity contribution in [3.05, 3.63) is 0 Å². The predicted molar refractivity (Wildman–Crippen MR) is 61.0 cm³/mol. The first-order valence-corrected chi connectivity index (χ1v) is 6.05. The first-order valence-electron chi connectivity index (χ1n) is 6.05. The summed E-state index contributed by atoms with van der Waals surface area (Å²) in [4.78, 5) is 24.4. The Labute approximate surface area is 96.6 Å². The molecule has 1 fully saturated rings. The number of aliphatic carboxylic acids is 1. The Morgan fingerprint density at radius 1 is 1.38 bits per heavy atom. The fourth-order valence-corrected chi connectivity index (χ4v) is 1.95. The first-order chi connectivity index (χ1) is 7.54. The fraction of sp³-hybridized carbons (Fsp3) is 0.833. The summed E-state index contributed by atoms with van der Waals surface area (Å²) in [5.74, 6) is -0.385. The van der Waals surface area contributed by atoms with Crippen LogP contribution in [0, 0.1) is 11.8 Å². The number of carboxylic acids is 1. The van der Waals surface area contributed by atoms with Crippen LogP contribution in [0.1, 0.15) is 39.5 Å². The monoisotopic (exact) mass is 227 g/mol. The zero-order valence-corrected chi connectivity index (χ0v) is 10.1. The molecule has 1 saturated heterocycles. The summed E-state index contributed by atoms with van der Waals surface area (Å²) in [6.07, 6.45) is 2.80. The van der Waals surface area contributed by atoms with Crippen molar-refractivity contribution in [2.45, 2.75) is 39.5 Å². The third kappa shape index (κ3) is 3.51. The van der Waals surface area contributed by atoms with Crippen LogP contribution < -0.4 is 0 Å². The molecule has 4 nitrogen and oxygen atoms in total. The van der Waals surface area contributed by atoms with Gasteiger partial charge in [-0.05, 0) is 18.8 Å². The van der Waals surface area contributed by atoms with Gasteiger partial charge < -0.3 is 10.0 Å². The Morgan fingerprint density at radius 3 is 2.38 bits per heavy atom. The second-order valence-corrected chi connectivity index (χ2v) is 4.71. The Hall–Kier alpha value is -1.06. The molecule has 0 aromatic carbocycles. The number of carbonyl (C=O) groups is 2. The molecule has 1 heterocycles. The van der Waals surface area contributed by atoms with E-state index >= 15 is 0 Å². The minimum atomic E-state index is -0.728. The standard InChI is InChI=1S/C12H21NO3/c1-3-9(2)8-11(14)13-6-4-10(5-7-13)12(15)16/h9-10H,3-8H2,1-2H3,(H,15,16)/t9-/m1/s1. The molecule has 1 amide bonds. The predicted octanol–water partition coefficient (Wildman–Crippen LogP) is 1.75. The summed E-state index contributed by atoms with van der Waals surface area (Å²) < 4.78 is 0. The summed E-state index contributed by atoms with van der Waals surface area (Å²) in [5, 5.41) is 8.84. The maximum absolute atomic E-state index is 11.8. The molecule has 1 aliphatic heterocycles. The lowest BCUT2D eigenvalue weighted by Crippen LogP contribution is -2.40.